The lowest BCUT2D eigenvalue weighted by Gasteiger charge is -2.44. The van der Waals surface area contributed by atoms with Crippen LogP contribution < -0.4 is 5.73 Å². The van der Waals surface area contributed by atoms with E-state index >= 15 is 0 Å². The van der Waals surface area contributed by atoms with E-state index in [0.717, 1.165) is 0 Å². The lowest BCUT2D eigenvalue weighted by molar-refractivity contribution is -0.318. The monoisotopic (exact) mass is 263 g/mol. The SMILES string of the molecule is NCC1(C(C(F)(F)F)C(F)(F)F)CCCCC1. The van der Waals surface area contributed by atoms with Gasteiger partial charge in [0, 0.05) is 5.41 Å². The van der Waals surface area contributed by atoms with Crippen molar-refractivity contribution in [1.29, 1.82) is 0 Å². The molecule has 1 rings (SSSR count). The van der Waals surface area contributed by atoms with Crippen LogP contribution in [0.15, 0.2) is 0 Å². The van der Waals surface area contributed by atoms with Crippen LogP contribution in [0, 0.1) is 11.3 Å². The maximum atomic E-state index is 12.7. The molecule has 1 nitrogen and oxygen atoms in total. The molecule has 0 aromatic carbocycles. The molecular formula is C10H15F6N. The van der Waals surface area contributed by atoms with E-state index in [-0.39, 0.29) is 12.8 Å². The number of hydrogen-bond donors (Lipinski definition) is 1. The van der Waals surface area contributed by atoms with Crippen LogP contribution in [-0.2, 0) is 0 Å². The Morgan fingerprint density at radius 1 is 0.882 bits per heavy atom. The summed E-state index contributed by atoms with van der Waals surface area (Å²) in [5.74, 6) is -3.30. The molecule has 17 heavy (non-hydrogen) atoms. The van der Waals surface area contributed by atoms with Crippen molar-refractivity contribution >= 4 is 0 Å². The number of alkyl halides is 6. The Balaban J connectivity index is 3.10. The standard InChI is InChI=1S/C10H15F6N/c11-9(12,13)7(10(14,15)16)8(6-17)4-2-1-3-5-8/h7H,1-6,17H2. The van der Waals surface area contributed by atoms with Crippen LogP contribution in [0.3, 0.4) is 0 Å². The number of hydrogen-bond acceptors (Lipinski definition) is 1. The lowest BCUT2D eigenvalue weighted by Crippen LogP contribution is -2.53. The first-order valence-electron chi connectivity index (χ1n) is 5.47. The van der Waals surface area contributed by atoms with Gasteiger partial charge in [0.2, 0.25) is 0 Å². The summed E-state index contributed by atoms with van der Waals surface area (Å²) in [7, 11) is 0. The van der Waals surface area contributed by atoms with Gasteiger partial charge in [0.05, 0.1) is 0 Å². The maximum Gasteiger partial charge on any atom is 0.401 e. The number of rotatable bonds is 2. The van der Waals surface area contributed by atoms with Crippen molar-refractivity contribution in [1.82, 2.24) is 0 Å². The third-order valence-corrected chi connectivity index (χ3v) is 3.52. The zero-order valence-corrected chi connectivity index (χ0v) is 9.17. The Morgan fingerprint density at radius 3 is 1.59 bits per heavy atom. The number of halogens is 6. The summed E-state index contributed by atoms with van der Waals surface area (Å²) >= 11 is 0. The predicted octanol–water partition coefficient (Wildman–Crippen LogP) is 3.64. The lowest BCUT2D eigenvalue weighted by atomic mass is 9.65. The minimum absolute atomic E-state index is 0.104. The minimum atomic E-state index is -5.28. The van der Waals surface area contributed by atoms with Crippen LogP contribution in [0.5, 0.6) is 0 Å². The average molecular weight is 263 g/mol. The quantitative estimate of drug-likeness (QED) is 0.756. The molecule has 1 aliphatic carbocycles. The average Bonchev–Trinajstić information content (AvgIpc) is 2.14. The van der Waals surface area contributed by atoms with Gasteiger partial charge in [-0.15, -0.1) is 0 Å². The van der Waals surface area contributed by atoms with Gasteiger partial charge in [-0.3, -0.25) is 0 Å². The summed E-state index contributed by atoms with van der Waals surface area (Å²) in [6.45, 7) is -0.573. The third-order valence-electron chi connectivity index (χ3n) is 3.52. The van der Waals surface area contributed by atoms with Crippen molar-refractivity contribution in [2.75, 3.05) is 6.54 Å². The van der Waals surface area contributed by atoms with Gasteiger partial charge in [0.15, 0.2) is 5.92 Å². The highest BCUT2D eigenvalue weighted by atomic mass is 19.4. The van der Waals surface area contributed by atoms with E-state index < -0.39 is 30.2 Å². The Kier molecular flexibility index (Phi) is 4.01. The van der Waals surface area contributed by atoms with Gasteiger partial charge in [0.25, 0.3) is 0 Å². The highest BCUT2D eigenvalue weighted by molar-refractivity contribution is 4.96. The van der Waals surface area contributed by atoms with Gasteiger partial charge < -0.3 is 5.73 Å². The minimum Gasteiger partial charge on any atom is -0.330 e. The van der Waals surface area contributed by atoms with Gasteiger partial charge in [-0.05, 0) is 19.4 Å². The van der Waals surface area contributed by atoms with Crippen molar-refractivity contribution in [3.63, 3.8) is 0 Å². The Bertz CT molecular complexity index is 237. The van der Waals surface area contributed by atoms with Crippen LogP contribution in [-0.4, -0.2) is 18.9 Å². The smallest absolute Gasteiger partial charge is 0.330 e. The largest absolute Gasteiger partial charge is 0.401 e. The van der Waals surface area contributed by atoms with Crippen molar-refractivity contribution in [2.24, 2.45) is 17.1 Å². The molecule has 7 heteroatoms. The molecule has 1 aliphatic rings. The first-order chi connectivity index (χ1) is 7.63. The summed E-state index contributed by atoms with van der Waals surface area (Å²) < 4.78 is 75.9. The first-order valence-corrected chi connectivity index (χ1v) is 5.47. The molecule has 0 heterocycles. The normalized spacial score (nSPS) is 21.9. The topological polar surface area (TPSA) is 26.0 Å². The van der Waals surface area contributed by atoms with Crippen LogP contribution in [0.1, 0.15) is 32.1 Å². The van der Waals surface area contributed by atoms with Crippen LogP contribution in [0.4, 0.5) is 26.3 Å². The first kappa shape index (κ1) is 14.6. The molecule has 0 atom stereocenters. The number of nitrogens with two attached hydrogens (primary N) is 1. The fourth-order valence-electron chi connectivity index (χ4n) is 2.75. The molecule has 0 bridgehead atoms. The van der Waals surface area contributed by atoms with Crippen molar-refractivity contribution in [2.45, 2.75) is 44.5 Å². The molecule has 0 aromatic rings. The molecule has 0 saturated heterocycles. The zero-order chi connectivity index (χ0) is 13.3. The van der Waals surface area contributed by atoms with E-state index in [1.807, 2.05) is 0 Å². The second-order valence-corrected chi connectivity index (χ2v) is 4.64. The predicted molar refractivity (Wildman–Crippen MR) is 50.2 cm³/mol. The Labute approximate surface area is 95.4 Å². The molecule has 0 aromatic heterocycles. The molecule has 1 saturated carbocycles. The molecule has 0 amide bonds. The maximum absolute atomic E-state index is 12.7. The highest BCUT2D eigenvalue weighted by Crippen LogP contribution is 2.54. The van der Waals surface area contributed by atoms with E-state index in [2.05, 4.69) is 0 Å². The fourth-order valence-corrected chi connectivity index (χ4v) is 2.75. The second-order valence-electron chi connectivity index (χ2n) is 4.64. The Hall–Kier alpha value is -0.460. The molecule has 0 radical (unpaired) electrons. The van der Waals surface area contributed by atoms with Gasteiger partial charge in [0.1, 0.15) is 0 Å². The van der Waals surface area contributed by atoms with Crippen molar-refractivity contribution in [3.8, 4) is 0 Å². The van der Waals surface area contributed by atoms with E-state index in [4.69, 9.17) is 5.73 Å². The molecule has 2 N–H and O–H groups in total. The van der Waals surface area contributed by atoms with Gasteiger partial charge in [-0.1, -0.05) is 19.3 Å². The molecule has 0 aliphatic heterocycles. The van der Waals surface area contributed by atoms with Crippen molar-refractivity contribution < 1.29 is 26.3 Å². The van der Waals surface area contributed by atoms with Gasteiger partial charge >= 0.3 is 12.4 Å². The van der Waals surface area contributed by atoms with Crippen LogP contribution >= 0.6 is 0 Å². The highest BCUT2D eigenvalue weighted by Gasteiger charge is 2.65. The van der Waals surface area contributed by atoms with E-state index in [0.29, 0.717) is 19.3 Å². The van der Waals surface area contributed by atoms with E-state index in [9.17, 15) is 26.3 Å². The van der Waals surface area contributed by atoms with Crippen LogP contribution in [0.2, 0.25) is 0 Å². The molecule has 102 valence electrons. The summed E-state index contributed by atoms with van der Waals surface area (Å²) in [6.07, 6.45) is -9.35. The Morgan fingerprint density at radius 2 is 1.29 bits per heavy atom. The molecule has 0 unspecified atom stereocenters. The fraction of sp³-hybridized carbons (Fsp3) is 1.00. The third kappa shape index (κ3) is 3.05. The van der Waals surface area contributed by atoms with Crippen molar-refractivity contribution in [3.05, 3.63) is 0 Å². The molecular weight excluding hydrogens is 248 g/mol. The summed E-state index contributed by atoms with van der Waals surface area (Å²) in [6, 6.07) is 0. The molecule has 1 fully saturated rings. The summed E-state index contributed by atoms with van der Waals surface area (Å²) in [5.41, 5.74) is 3.37. The van der Waals surface area contributed by atoms with Crippen LogP contribution in [0.25, 0.3) is 0 Å². The zero-order valence-electron chi connectivity index (χ0n) is 9.17. The van der Waals surface area contributed by atoms with Gasteiger partial charge in [-0.25, -0.2) is 0 Å². The summed E-state index contributed by atoms with van der Waals surface area (Å²) in [4.78, 5) is 0. The second kappa shape index (κ2) is 4.66. The molecule has 0 spiro atoms. The summed E-state index contributed by atoms with van der Waals surface area (Å²) in [5, 5.41) is 0. The van der Waals surface area contributed by atoms with E-state index in [1.54, 1.807) is 0 Å². The van der Waals surface area contributed by atoms with Gasteiger partial charge in [-0.2, -0.15) is 26.3 Å². The van der Waals surface area contributed by atoms with E-state index in [1.165, 1.54) is 0 Å².